The molecule has 4 nitrogen and oxygen atoms in total. The molecule has 0 saturated heterocycles. The summed E-state index contributed by atoms with van der Waals surface area (Å²) in [6.07, 6.45) is -4.53. The minimum Gasteiger partial charge on any atom is -0.434 e. The van der Waals surface area contributed by atoms with Gasteiger partial charge in [-0.3, -0.25) is 0 Å². The van der Waals surface area contributed by atoms with Crippen molar-refractivity contribution in [2.24, 2.45) is 0 Å². The van der Waals surface area contributed by atoms with Crippen molar-refractivity contribution in [3.8, 4) is 28.7 Å². The fourth-order valence-electron chi connectivity index (χ4n) is 2.15. The van der Waals surface area contributed by atoms with Gasteiger partial charge in [0.05, 0.1) is 11.1 Å². The second kappa shape index (κ2) is 7.02. The monoisotopic (exact) mass is 434 g/mol. The Hall–Kier alpha value is -2.49. The van der Waals surface area contributed by atoms with Gasteiger partial charge in [-0.1, -0.05) is 22.0 Å². The van der Waals surface area contributed by atoms with Gasteiger partial charge in [0, 0.05) is 10.0 Å². The Balaban J connectivity index is 2.00. The van der Waals surface area contributed by atoms with Gasteiger partial charge in [0.25, 0.3) is 5.89 Å². The lowest BCUT2D eigenvalue weighted by atomic mass is 10.1. The Morgan fingerprint density at radius 1 is 1.00 bits per heavy atom. The van der Waals surface area contributed by atoms with E-state index in [-0.39, 0.29) is 28.7 Å². The number of benzene rings is 2. The lowest BCUT2D eigenvalue weighted by Crippen LogP contribution is -2.04. The Morgan fingerprint density at radius 3 is 2.42 bits per heavy atom. The zero-order chi connectivity index (χ0) is 18.9. The first-order valence-electron chi connectivity index (χ1n) is 7.00. The third kappa shape index (κ3) is 4.01. The fraction of sp³-hybridized carbons (Fsp3) is 0.125. The summed E-state index contributed by atoms with van der Waals surface area (Å²) in [6, 6.07) is 8.50. The number of hydrogen-bond acceptors (Lipinski definition) is 4. The molecule has 136 valence electrons. The van der Waals surface area contributed by atoms with Crippen LogP contribution < -0.4 is 4.74 Å². The molecule has 26 heavy (non-hydrogen) atoms. The van der Waals surface area contributed by atoms with Gasteiger partial charge in [0.2, 0.25) is 5.89 Å². The number of alkyl halides is 5. The van der Waals surface area contributed by atoms with Gasteiger partial charge in [-0.05, 0) is 36.4 Å². The molecule has 0 radical (unpaired) electrons. The number of ether oxygens (including phenoxy) is 1. The van der Waals surface area contributed by atoms with Crippen LogP contribution in [0.5, 0.6) is 5.75 Å². The molecule has 1 aromatic heterocycles. The summed E-state index contributed by atoms with van der Waals surface area (Å²) >= 11 is 3.18. The first-order chi connectivity index (χ1) is 12.2. The van der Waals surface area contributed by atoms with Crippen LogP contribution in [0.2, 0.25) is 0 Å². The quantitative estimate of drug-likeness (QED) is 0.487. The number of aromatic nitrogens is 2. The molecule has 0 aliphatic carbocycles. The molecular weight excluding hydrogens is 427 g/mol. The highest BCUT2D eigenvalue weighted by Gasteiger charge is 2.31. The largest absolute Gasteiger partial charge is 0.434 e. The second-order valence-corrected chi connectivity index (χ2v) is 5.93. The molecule has 0 fully saturated rings. The Labute approximate surface area is 151 Å². The molecule has 0 unspecified atom stereocenters. The van der Waals surface area contributed by atoms with E-state index in [0.717, 1.165) is 12.1 Å². The van der Waals surface area contributed by atoms with Crippen LogP contribution in [0.25, 0.3) is 22.9 Å². The van der Waals surface area contributed by atoms with Gasteiger partial charge in [-0.25, -0.2) is 0 Å². The average molecular weight is 435 g/mol. The smallest absolute Gasteiger partial charge is 0.416 e. The molecule has 1 heterocycles. The average Bonchev–Trinajstić information content (AvgIpc) is 3.05. The van der Waals surface area contributed by atoms with E-state index >= 15 is 0 Å². The molecule has 0 amide bonds. The van der Waals surface area contributed by atoms with E-state index in [0.29, 0.717) is 4.47 Å². The van der Waals surface area contributed by atoms with Crippen LogP contribution in [0.1, 0.15) is 5.56 Å². The highest BCUT2D eigenvalue weighted by molar-refractivity contribution is 9.10. The van der Waals surface area contributed by atoms with Gasteiger partial charge < -0.3 is 9.15 Å². The zero-order valence-corrected chi connectivity index (χ0v) is 14.2. The molecule has 0 N–H and O–H groups in total. The fourth-order valence-corrected chi connectivity index (χ4v) is 2.51. The number of rotatable bonds is 4. The topological polar surface area (TPSA) is 48.2 Å². The molecule has 0 aliphatic rings. The highest BCUT2D eigenvalue weighted by atomic mass is 79.9. The molecule has 2 aromatic carbocycles. The van der Waals surface area contributed by atoms with Crippen LogP contribution in [-0.4, -0.2) is 16.8 Å². The summed E-state index contributed by atoms with van der Waals surface area (Å²) in [5.74, 6) is -0.564. The molecule has 0 spiro atoms. The summed E-state index contributed by atoms with van der Waals surface area (Å²) in [5, 5.41) is 7.41. The first-order valence-corrected chi connectivity index (χ1v) is 7.79. The highest BCUT2D eigenvalue weighted by Crippen LogP contribution is 2.36. The van der Waals surface area contributed by atoms with E-state index < -0.39 is 18.4 Å². The Kier molecular flexibility index (Phi) is 4.94. The SMILES string of the molecule is FC(F)Oc1ccc(Br)cc1-c1nnc(-c2cccc(C(F)(F)F)c2)o1. The summed E-state index contributed by atoms with van der Waals surface area (Å²) in [5.41, 5.74) is -0.755. The third-order valence-corrected chi connectivity index (χ3v) is 3.74. The van der Waals surface area contributed by atoms with Crippen molar-refractivity contribution in [1.82, 2.24) is 10.2 Å². The number of hydrogen-bond donors (Lipinski definition) is 0. The van der Waals surface area contributed by atoms with Crippen LogP contribution in [0, 0.1) is 0 Å². The molecule has 3 rings (SSSR count). The third-order valence-electron chi connectivity index (χ3n) is 3.25. The molecule has 3 aromatic rings. The summed E-state index contributed by atoms with van der Waals surface area (Å²) in [7, 11) is 0. The summed E-state index contributed by atoms with van der Waals surface area (Å²) in [6.45, 7) is -3.07. The molecule has 0 bridgehead atoms. The van der Waals surface area contributed by atoms with Gasteiger partial charge in [0.15, 0.2) is 0 Å². The van der Waals surface area contributed by atoms with Crippen molar-refractivity contribution in [2.45, 2.75) is 12.8 Å². The minimum absolute atomic E-state index is 0.0462. The molecule has 0 aliphatic heterocycles. The van der Waals surface area contributed by atoms with E-state index in [9.17, 15) is 22.0 Å². The maximum absolute atomic E-state index is 12.8. The van der Waals surface area contributed by atoms with Gasteiger partial charge in [0.1, 0.15) is 5.75 Å². The first kappa shape index (κ1) is 18.3. The van der Waals surface area contributed by atoms with Crippen molar-refractivity contribution in [3.63, 3.8) is 0 Å². The maximum Gasteiger partial charge on any atom is 0.416 e. The summed E-state index contributed by atoms with van der Waals surface area (Å²) < 4.78 is 73.8. The van der Waals surface area contributed by atoms with E-state index in [2.05, 4.69) is 30.9 Å². The van der Waals surface area contributed by atoms with Crippen molar-refractivity contribution < 1.29 is 31.1 Å². The van der Waals surface area contributed by atoms with Crippen molar-refractivity contribution >= 4 is 15.9 Å². The van der Waals surface area contributed by atoms with E-state index in [1.54, 1.807) is 0 Å². The predicted octanol–water partition coefficient (Wildman–Crippen LogP) is 5.79. The lowest BCUT2D eigenvalue weighted by Gasteiger charge is -2.08. The van der Waals surface area contributed by atoms with Crippen molar-refractivity contribution in [3.05, 3.63) is 52.5 Å². The summed E-state index contributed by atoms with van der Waals surface area (Å²) in [4.78, 5) is 0. The predicted molar refractivity (Wildman–Crippen MR) is 84.5 cm³/mol. The Bertz CT molecular complexity index is 927. The van der Waals surface area contributed by atoms with E-state index in [1.165, 1.54) is 30.3 Å². The van der Waals surface area contributed by atoms with E-state index in [1.807, 2.05) is 0 Å². The molecule has 0 saturated carbocycles. The second-order valence-electron chi connectivity index (χ2n) is 5.01. The number of halogens is 6. The zero-order valence-electron chi connectivity index (χ0n) is 12.6. The van der Waals surface area contributed by atoms with Crippen LogP contribution in [0.4, 0.5) is 22.0 Å². The maximum atomic E-state index is 12.8. The van der Waals surface area contributed by atoms with Crippen molar-refractivity contribution in [2.75, 3.05) is 0 Å². The van der Waals surface area contributed by atoms with Crippen LogP contribution >= 0.6 is 15.9 Å². The van der Waals surface area contributed by atoms with Gasteiger partial charge in [-0.2, -0.15) is 22.0 Å². The van der Waals surface area contributed by atoms with Crippen LogP contribution in [0.3, 0.4) is 0 Å². The Morgan fingerprint density at radius 2 is 1.73 bits per heavy atom. The van der Waals surface area contributed by atoms with Crippen LogP contribution in [-0.2, 0) is 6.18 Å². The van der Waals surface area contributed by atoms with Crippen LogP contribution in [0.15, 0.2) is 51.4 Å². The lowest BCUT2D eigenvalue weighted by molar-refractivity contribution is -0.137. The molecular formula is C16H8BrF5N2O2. The van der Waals surface area contributed by atoms with E-state index in [4.69, 9.17) is 4.42 Å². The van der Waals surface area contributed by atoms with Crippen molar-refractivity contribution in [1.29, 1.82) is 0 Å². The molecule has 0 atom stereocenters. The molecule has 10 heteroatoms. The minimum atomic E-state index is -4.53. The van der Waals surface area contributed by atoms with Gasteiger partial charge in [-0.15, -0.1) is 10.2 Å². The normalized spacial score (nSPS) is 11.8. The standard InChI is InChI=1S/C16H8BrF5N2O2/c17-10-4-5-12(25-15(18)19)11(7-10)14-24-23-13(26-14)8-2-1-3-9(6-8)16(20,21)22/h1-7,15H. The number of nitrogens with zero attached hydrogens (tertiary/aromatic N) is 2. The van der Waals surface area contributed by atoms with Gasteiger partial charge >= 0.3 is 12.8 Å².